The van der Waals surface area contributed by atoms with E-state index in [-0.39, 0.29) is 0 Å². The van der Waals surface area contributed by atoms with Gasteiger partial charge in [-0.2, -0.15) is 0 Å². The van der Waals surface area contributed by atoms with E-state index in [4.69, 9.17) is 4.98 Å². The first-order chi connectivity index (χ1) is 10.3. The first-order valence-electron chi connectivity index (χ1n) is 8.19. The van der Waals surface area contributed by atoms with Crippen LogP contribution >= 0.6 is 0 Å². The Balaban J connectivity index is 1.50. The molecule has 1 saturated heterocycles. The van der Waals surface area contributed by atoms with Gasteiger partial charge in [0.05, 0.1) is 5.69 Å². The molecule has 0 bridgehead atoms. The predicted molar refractivity (Wildman–Crippen MR) is 84.4 cm³/mol. The summed E-state index contributed by atoms with van der Waals surface area (Å²) in [5.41, 5.74) is 3.54. The van der Waals surface area contributed by atoms with Crippen molar-refractivity contribution in [3.63, 3.8) is 0 Å². The molecule has 3 heterocycles. The first kappa shape index (κ1) is 13.3. The van der Waals surface area contributed by atoms with Gasteiger partial charge in [0.15, 0.2) is 0 Å². The number of hydrogen-bond acceptors (Lipinski definition) is 3. The number of fused-ring (bicyclic) bond motifs is 1. The molecular formula is C17H24N4. The number of nitrogens with zero attached hydrogens (tertiary/aromatic N) is 3. The van der Waals surface area contributed by atoms with Crippen molar-refractivity contribution in [2.75, 3.05) is 13.1 Å². The molecular weight excluding hydrogens is 260 g/mol. The molecule has 4 heteroatoms. The Morgan fingerprint density at radius 1 is 1.29 bits per heavy atom. The van der Waals surface area contributed by atoms with Gasteiger partial charge in [0.1, 0.15) is 5.65 Å². The molecule has 1 aliphatic carbocycles. The zero-order valence-electron chi connectivity index (χ0n) is 12.8. The zero-order chi connectivity index (χ0) is 14.2. The molecule has 1 atom stereocenters. The third-order valence-corrected chi connectivity index (χ3v) is 4.69. The van der Waals surface area contributed by atoms with Gasteiger partial charge in [-0.15, -0.1) is 0 Å². The van der Waals surface area contributed by atoms with Crippen LogP contribution in [0.3, 0.4) is 0 Å². The van der Waals surface area contributed by atoms with Gasteiger partial charge in [0, 0.05) is 37.6 Å². The van der Waals surface area contributed by atoms with Gasteiger partial charge in [-0.05, 0) is 50.8 Å². The number of nitrogens with one attached hydrogen (secondary N) is 1. The summed E-state index contributed by atoms with van der Waals surface area (Å²) >= 11 is 0. The minimum absolute atomic E-state index is 0.685. The van der Waals surface area contributed by atoms with E-state index < -0.39 is 0 Å². The maximum atomic E-state index is 4.78. The minimum Gasteiger partial charge on any atom is -0.313 e. The molecule has 1 unspecified atom stereocenters. The quantitative estimate of drug-likeness (QED) is 0.915. The Hall–Kier alpha value is -1.39. The topological polar surface area (TPSA) is 32.6 Å². The van der Waals surface area contributed by atoms with Gasteiger partial charge in [-0.25, -0.2) is 4.98 Å². The number of aryl methyl sites for hydroxylation is 1. The summed E-state index contributed by atoms with van der Waals surface area (Å²) in [5.74, 6) is 0. The van der Waals surface area contributed by atoms with E-state index in [9.17, 15) is 0 Å². The second-order valence-corrected chi connectivity index (χ2v) is 6.66. The summed E-state index contributed by atoms with van der Waals surface area (Å²) in [5, 5.41) is 3.62. The van der Waals surface area contributed by atoms with Crippen LogP contribution in [0.5, 0.6) is 0 Å². The molecule has 112 valence electrons. The van der Waals surface area contributed by atoms with Crippen LogP contribution in [0, 0.1) is 6.92 Å². The molecule has 0 spiro atoms. The molecule has 4 rings (SSSR count). The molecule has 1 N–H and O–H groups in total. The van der Waals surface area contributed by atoms with Gasteiger partial charge < -0.3 is 9.72 Å². The molecule has 2 aromatic heterocycles. The smallest absolute Gasteiger partial charge is 0.137 e. The molecule has 2 fully saturated rings. The fraction of sp³-hybridized carbons (Fsp3) is 0.588. The van der Waals surface area contributed by atoms with Crippen LogP contribution in [0.25, 0.3) is 5.65 Å². The summed E-state index contributed by atoms with van der Waals surface area (Å²) < 4.78 is 2.16. The van der Waals surface area contributed by atoms with Crippen molar-refractivity contribution in [3.8, 4) is 0 Å². The molecule has 0 radical (unpaired) electrons. The third kappa shape index (κ3) is 2.97. The average Bonchev–Trinajstić information content (AvgIpc) is 3.04. The monoisotopic (exact) mass is 284 g/mol. The van der Waals surface area contributed by atoms with Gasteiger partial charge in [-0.1, -0.05) is 6.07 Å². The molecule has 1 saturated carbocycles. The van der Waals surface area contributed by atoms with E-state index >= 15 is 0 Å². The Labute approximate surface area is 126 Å². The lowest BCUT2D eigenvalue weighted by Gasteiger charge is -2.24. The molecule has 21 heavy (non-hydrogen) atoms. The molecule has 2 aliphatic rings. The lowest BCUT2D eigenvalue weighted by atomic mass is 10.2. The highest BCUT2D eigenvalue weighted by Crippen LogP contribution is 2.29. The van der Waals surface area contributed by atoms with Crippen LogP contribution in [0.15, 0.2) is 24.5 Å². The maximum absolute atomic E-state index is 4.78. The van der Waals surface area contributed by atoms with Gasteiger partial charge in [0.25, 0.3) is 0 Å². The van der Waals surface area contributed by atoms with Crippen LogP contribution in [0.1, 0.15) is 36.9 Å². The van der Waals surface area contributed by atoms with Crippen LogP contribution in [-0.2, 0) is 6.54 Å². The fourth-order valence-electron chi connectivity index (χ4n) is 3.42. The number of imidazole rings is 1. The first-order valence-corrected chi connectivity index (χ1v) is 8.19. The highest BCUT2D eigenvalue weighted by Gasteiger charge is 2.31. The number of pyridine rings is 1. The van der Waals surface area contributed by atoms with Gasteiger partial charge in [-0.3, -0.25) is 4.90 Å². The van der Waals surface area contributed by atoms with E-state index in [1.54, 1.807) is 0 Å². The van der Waals surface area contributed by atoms with Gasteiger partial charge >= 0.3 is 0 Å². The Morgan fingerprint density at radius 2 is 2.19 bits per heavy atom. The molecule has 1 aliphatic heterocycles. The standard InChI is InChI=1S/C17H24N4/c1-13-4-7-17-19-15(12-21(17)9-13)11-20(16-5-6-16)10-14-3-2-8-18-14/h4,7,9,12,14,16,18H,2-3,5-6,8,10-11H2,1H3. The summed E-state index contributed by atoms with van der Waals surface area (Å²) in [6.45, 7) is 5.49. The lowest BCUT2D eigenvalue weighted by molar-refractivity contribution is 0.229. The molecule has 4 nitrogen and oxygen atoms in total. The molecule has 2 aromatic rings. The van der Waals surface area contributed by atoms with Crippen LogP contribution in [-0.4, -0.2) is 39.5 Å². The fourth-order valence-corrected chi connectivity index (χ4v) is 3.42. The van der Waals surface area contributed by atoms with E-state index in [0.29, 0.717) is 6.04 Å². The third-order valence-electron chi connectivity index (χ3n) is 4.69. The summed E-state index contributed by atoms with van der Waals surface area (Å²) in [4.78, 5) is 7.42. The van der Waals surface area contributed by atoms with Crippen molar-refractivity contribution in [1.82, 2.24) is 19.6 Å². The van der Waals surface area contributed by atoms with Crippen molar-refractivity contribution in [2.45, 2.75) is 51.2 Å². The van der Waals surface area contributed by atoms with Crippen molar-refractivity contribution in [1.29, 1.82) is 0 Å². The average molecular weight is 284 g/mol. The summed E-state index contributed by atoms with van der Waals surface area (Å²) in [7, 11) is 0. The van der Waals surface area contributed by atoms with Crippen molar-refractivity contribution < 1.29 is 0 Å². The van der Waals surface area contributed by atoms with E-state index in [2.05, 4.69) is 46.1 Å². The van der Waals surface area contributed by atoms with Gasteiger partial charge in [0.2, 0.25) is 0 Å². The van der Waals surface area contributed by atoms with Crippen LogP contribution in [0.4, 0.5) is 0 Å². The van der Waals surface area contributed by atoms with E-state index in [1.807, 2.05) is 0 Å². The highest BCUT2D eigenvalue weighted by molar-refractivity contribution is 5.41. The van der Waals surface area contributed by atoms with Crippen LogP contribution in [0.2, 0.25) is 0 Å². The van der Waals surface area contributed by atoms with Crippen molar-refractivity contribution >= 4 is 5.65 Å². The largest absolute Gasteiger partial charge is 0.313 e. The number of rotatable bonds is 5. The minimum atomic E-state index is 0.685. The summed E-state index contributed by atoms with van der Waals surface area (Å²) in [6.07, 6.45) is 9.73. The van der Waals surface area contributed by atoms with Crippen molar-refractivity contribution in [2.24, 2.45) is 0 Å². The second kappa shape index (κ2) is 5.43. The number of aromatic nitrogens is 2. The van der Waals surface area contributed by atoms with E-state index in [1.165, 1.54) is 50.0 Å². The highest BCUT2D eigenvalue weighted by atomic mass is 15.2. The Kier molecular flexibility index (Phi) is 3.43. The Morgan fingerprint density at radius 3 is 2.95 bits per heavy atom. The van der Waals surface area contributed by atoms with Crippen molar-refractivity contribution in [3.05, 3.63) is 35.8 Å². The number of hydrogen-bond donors (Lipinski definition) is 1. The lowest BCUT2D eigenvalue weighted by Crippen LogP contribution is -2.38. The molecule has 0 amide bonds. The normalized spacial score (nSPS) is 22.5. The maximum Gasteiger partial charge on any atom is 0.137 e. The molecule has 0 aromatic carbocycles. The SMILES string of the molecule is Cc1ccc2nc(CN(CC3CCCN3)C3CC3)cn2c1. The zero-order valence-corrected chi connectivity index (χ0v) is 12.8. The van der Waals surface area contributed by atoms with Crippen LogP contribution < -0.4 is 5.32 Å². The van der Waals surface area contributed by atoms with E-state index in [0.717, 1.165) is 18.2 Å². The predicted octanol–water partition coefficient (Wildman–Crippen LogP) is 2.36. The second-order valence-electron chi connectivity index (χ2n) is 6.66. The Bertz CT molecular complexity index is 623. The summed E-state index contributed by atoms with van der Waals surface area (Å²) in [6, 6.07) is 5.72.